The zero-order valence-electron chi connectivity index (χ0n) is 14.6. The minimum atomic E-state index is -0.329. The van der Waals surface area contributed by atoms with Gasteiger partial charge >= 0.3 is 5.97 Å². The van der Waals surface area contributed by atoms with Crippen molar-refractivity contribution in [3.8, 4) is 0 Å². The van der Waals surface area contributed by atoms with Crippen LogP contribution in [-0.4, -0.2) is 18.5 Å². The second-order valence-electron chi connectivity index (χ2n) is 6.18. The lowest BCUT2D eigenvalue weighted by molar-refractivity contribution is -0.115. The smallest absolute Gasteiger partial charge is 0.341 e. The summed E-state index contributed by atoms with van der Waals surface area (Å²) in [5.74, 6) is 0.0467. The molecule has 1 aliphatic rings. The molecular formula is C20H23NO3S. The fraction of sp³-hybridized carbons (Fsp3) is 0.400. The van der Waals surface area contributed by atoms with Gasteiger partial charge in [-0.25, -0.2) is 4.79 Å². The van der Waals surface area contributed by atoms with E-state index < -0.39 is 0 Å². The monoisotopic (exact) mass is 357 g/mol. The van der Waals surface area contributed by atoms with Gasteiger partial charge in [-0.15, -0.1) is 11.3 Å². The molecule has 132 valence electrons. The van der Waals surface area contributed by atoms with E-state index in [2.05, 4.69) is 29.6 Å². The number of hydrogen-bond donors (Lipinski definition) is 1. The zero-order chi connectivity index (χ0) is 17.8. The Labute approximate surface area is 152 Å². The van der Waals surface area contributed by atoms with Gasteiger partial charge in [-0.1, -0.05) is 37.3 Å². The highest BCUT2D eigenvalue weighted by molar-refractivity contribution is 7.17. The standard InChI is InChI=1S/C20H23NO3S/c1-3-17(22)21-19-18(20(23)24-4-2)15-11-10-14(12-16(15)25-19)13-8-6-5-7-9-13/h5-9,14H,3-4,10-12H2,1-2H3,(H,21,22)/t14-/m0/s1. The summed E-state index contributed by atoms with van der Waals surface area (Å²) in [6, 6.07) is 10.5. The minimum Gasteiger partial charge on any atom is -0.462 e. The van der Waals surface area contributed by atoms with Crippen LogP contribution in [0.15, 0.2) is 30.3 Å². The van der Waals surface area contributed by atoms with E-state index >= 15 is 0 Å². The molecule has 2 aromatic rings. The predicted molar refractivity (Wildman–Crippen MR) is 100 cm³/mol. The average molecular weight is 357 g/mol. The first kappa shape index (κ1) is 17.7. The van der Waals surface area contributed by atoms with Crippen molar-refractivity contribution < 1.29 is 14.3 Å². The van der Waals surface area contributed by atoms with Crippen LogP contribution in [0.25, 0.3) is 0 Å². The molecule has 1 N–H and O–H groups in total. The first-order chi connectivity index (χ1) is 12.1. The van der Waals surface area contributed by atoms with Crippen LogP contribution < -0.4 is 5.32 Å². The Bertz CT molecular complexity index is 767. The van der Waals surface area contributed by atoms with Crippen LogP contribution in [0.5, 0.6) is 0 Å². The summed E-state index contributed by atoms with van der Waals surface area (Å²) in [7, 11) is 0. The third-order valence-corrected chi connectivity index (χ3v) is 5.76. The number of thiophene rings is 1. The number of benzene rings is 1. The Morgan fingerprint density at radius 1 is 1.24 bits per heavy atom. The van der Waals surface area contributed by atoms with E-state index in [0.29, 0.717) is 29.5 Å². The van der Waals surface area contributed by atoms with Gasteiger partial charge in [0.05, 0.1) is 12.2 Å². The number of hydrogen-bond acceptors (Lipinski definition) is 4. The number of ether oxygens (including phenoxy) is 1. The van der Waals surface area contributed by atoms with Gasteiger partial charge in [-0.3, -0.25) is 4.79 Å². The summed E-state index contributed by atoms with van der Waals surface area (Å²) in [6.07, 6.45) is 3.12. The molecule has 1 aliphatic carbocycles. The van der Waals surface area contributed by atoms with E-state index in [1.807, 2.05) is 6.07 Å². The van der Waals surface area contributed by atoms with Crippen LogP contribution >= 0.6 is 11.3 Å². The van der Waals surface area contributed by atoms with E-state index in [-0.39, 0.29) is 11.9 Å². The van der Waals surface area contributed by atoms with Crippen molar-refractivity contribution >= 4 is 28.2 Å². The lowest BCUT2D eigenvalue weighted by Crippen LogP contribution is -2.16. The summed E-state index contributed by atoms with van der Waals surface area (Å²) < 4.78 is 5.24. The number of rotatable bonds is 5. The van der Waals surface area contributed by atoms with Crippen molar-refractivity contribution in [2.75, 3.05) is 11.9 Å². The van der Waals surface area contributed by atoms with Gasteiger partial charge in [0.2, 0.25) is 5.91 Å². The first-order valence-electron chi connectivity index (χ1n) is 8.80. The number of carbonyl (C=O) groups excluding carboxylic acids is 2. The molecule has 1 heterocycles. The normalized spacial score (nSPS) is 16.2. The number of fused-ring (bicyclic) bond motifs is 1. The van der Waals surface area contributed by atoms with Crippen LogP contribution in [0.1, 0.15) is 59.0 Å². The topological polar surface area (TPSA) is 55.4 Å². The summed E-state index contributed by atoms with van der Waals surface area (Å²) >= 11 is 1.53. The molecule has 1 amide bonds. The highest BCUT2D eigenvalue weighted by Crippen LogP contribution is 2.42. The SMILES string of the molecule is CCOC(=O)c1c(NC(=O)CC)sc2c1CC[C@H](c1ccccc1)C2. The summed E-state index contributed by atoms with van der Waals surface area (Å²) in [6.45, 7) is 3.93. The van der Waals surface area contributed by atoms with Gasteiger partial charge in [0.15, 0.2) is 0 Å². The van der Waals surface area contributed by atoms with Crippen LogP contribution in [-0.2, 0) is 22.4 Å². The molecule has 0 saturated heterocycles. The number of nitrogens with one attached hydrogen (secondary N) is 1. The molecule has 1 atom stereocenters. The van der Waals surface area contributed by atoms with Gasteiger partial charge in [0, 0.05) is 11.3 Å². The Hall–Kier alpha value is -2.14. The quantitative estimate of drug-likeness (QED) is 0.799. The molecule has 0 radical (unpaired) electrons. The molecule has 0 spiro atoms. The highest BCUT2D eigenvalue weighted by Gasteiger charge is 2.30. The molecule has 4 nitrogen and oxygen atoms in total. The van der Waals surface area contributed by atoms with E-state index in [1.165, 1.54) is 21.8 Å². The lowest BCUT2D eigenvalue weighted by atomic mass is 9.83. The first-order valence-corrected chi connectivity index (χ1v) is 9.62. The maximum absolute atomic E-state index is 12.5. The average Bonchev–Trinajstić information content (AvgIpc) is 2.99. The van der Waals surface area contributed by atoms with Crippen LogP contribution in [0.2, 0.25) is 0 Å². The number of carbonyl (C=O) groups is 2. The van der Waals surface area contributed by atoms with Crippen LogP contribution in [0.3, 0.4) is 0 Å². The molecule has 0 fully saturated rings. The summed E-state index contributed by atoms with van der Waals surface area (Å²) in [5.41, 5.74) is 2.95. The van der Waals surface area contributed by atoms with E-state index in [4.69, 9.17) is 4.74 Å². The molecule has 3 rings (SSSR count). The molecule has 1 aromatic heterocycles. The Balaban J connectivity index is 1.93. The largest absolute Gasteiger partial charge is 0.462 e. The van der Waals surface area contributed by atoms with E-state index in [0.717, 1.165) is 24.8 Å². The molecule has 0 aliphatic heterocycles. The highest BCUT2D eigenvalue weighted by atomic mass is 32.1. The van der Waals surface area contributed by atoms with E-state index in [1.54, 1.807) is 13.8 Å². The maximum Gasteiger partial charge on any atom is 0.341 e. The van der Waals surface area contributed by atoms with Crippen molar-refractivity contribution in [2.45, 2.75) is 45.4 Å². The van der Waals surface area contributed by atoms with Gasteiger partial charge in [0.25, 0.3) is 0 Å². The summed E-state index contributed by atoms with van der Waals surface area (Å²) in [4.78, 5) is 25.5. The van der Waals surface area contributed by atoms with E-state index in [9.17, 15) is 9.59 Å². The van der Waals surface area contributed by atoms with Gasteiger partial charge in [-0.2, -0.15) is 0 Å². The van der Waals surface area contributed by atoms with Gasteiger partial charge in [0.1, 0.15) is 5.00 Å². The number of anilines is 1. The van der Waals surface area contributed by atoms with Crippen LogP contribution in [0, 0.1) is 0 Å². The third-order valence-electron chi connectivity index (χ3n) is 4.59. The third kappa shape index (κ3) is 3.76. The number of esters is 1. The molecular weight excluding hydrogens is 334 g/mol. The summed E-state index contributed by atoms with van der Waals surface area (Å²) in [5, 5.41) is 3.53. The number of amides is 1. The van der Waals surface area contributed by atoms with Gasteiger partial charge in [-0.05, 0) is 43.2 Å². The van der Waals surface area contributed by atoms with Crippen molar-refractivity contribution in [1.82, 2.24) is 0 Å². The molecule has 1 aromatic carbocycles. The van der Waals surface area contributed by atoms with Crippen LogP contribution in [0.4, 0.5) is 5.00 Å². The molecule has 25 heavy (non-hydrogen) atoms. The molecule has 0 unspecified atom stereocenters. The fourth-order valence-corrected chi connectivity index (χ4v) is 4.65. The maximum atomic E-state index is 12.5. The Morgan fingerprint density at radius 2 is 2.00 bits per heavy atom. The second kappa shape index (κ2) is 7.83. The lowest BCUT2D eigenvalue weighted by Gasteiger charge is -2.23. The van der Waals surface area contributed by atoms with Crippen molar-refractivity contribution in [3.63, 3.8) is 0 Å². The van der Waals surface area contributed by atoms with Crippen molar-refractivity contribution in [3.05, 3.63) is 51.9 Å². The fourth-order valence-electron chi connectivity index (χ4n) is 3.32. The molecule has 0 bridgehead atoms. The Kier molecular flexibility index (Phi) is 5.53. The molecule has 5 heteroatoms. The van der Waals surface area contributed by atoms with Crippen molar-refractivity contribution in [2.24, 2.45) is 0 Å². The van der Waals surface area contributed by atoms with Gasteiger partial charge < -0.3 is 10.1 Å². The zero-order valence-corrected chi connectivity index (χ0v) is 15.4. The molecule has 0 saturated carbocycles. The Morgan fingerprint density at radius 3 is 2.68 bits per heavy atom. The van der Waals surface area contributed by atoms with Crippen molar-refractivity contribution in [1.29, 1.82) is 0 Å². The second-order valence-corrected chi connectivity index (χ2v) is 7.29. The predicted octanol–water partition coefficient (Wildman–Crippen LogP) is 4.55. The minimum absolute atomic E-state index is 0.0799.